The third kappa shape index (κ3) is 4.82. The van der Waals surface area contributed by atoms with E-state index in [4.69, 9.17) is 9.47 Å². The Labute approximate surface area is 154 Å². The van der Waals surface area contributed by atoms with Gasteiger partial charge in [0, 0.05) is 4.88 Å². The first-order valence-electron chi connectivity index (χ1n) is 8.09. The van der Waals surface area contributed by atoms with Crippen LogP contribution in [0.2, 0.25) is 0 Å². The van der Waals surface area contributed by atoms with E-state index in [1.54, 1.807) is 0 Å². The van der Waals surface area contributed by atoms with Crippen LogP contribution in [0.15, 0.2) is 41.8 Å². The molecule has 0 spiro atoms. The maximum atomic E-state index is 12.1. The van der Waals surface area contributed by atoms with Gasteiger partial charge in [-0.3, -0.25) is 14.9 Å². The second-order valence-electron chi connectivity index (χ2n) is 5.74. The number of carbonyl (C=O) groups is 3. The average Bonchev–Trinajstić information content (AvgIpc) is 3.17. The van der Waals surface area contributed by atoms with Crippen molar-refractivity contribution in [3.8, 4) is 5.75 Å². The topological polar surface area (TPSA) is 93.7 Å². The van der Waals surface area contributed by atoms with Crippen LogP contribution in [-0.2, 0) is 27.3 Å². The second-order valence-corrected chi connectivity index (χ2v) is 6.77. The lowest BCUT2D eigenvalue weighted by Gasteiger charge is -2.23. The summed E-state index contributed by atoms with van der Waals surface area (Å²) in [6.45, 7) is 0.0254. The molecule has 0 fully saturated rings. The van der Waals surface area contributed by atoms with Crippen LogP contribution >= 0.6 is 11.3 Å². The number of benzene rings is 1. The van der Waals surface area contributed by atoms with Crippen LogP contribution in [0, 0.1) is 5.92 Å². The third-order valence-electron chi connectivity index (χ3n) is 3.81. The highest BCUT2D eigenvalue weighted by Crippen LogP contribution is 2.27. The molecule has 2 N–H and O–H groups in total. The highest BCUT2D eigenvalue weighted by molar-refractivity contribution is 7.09. The van der Waals surface area contributed by atoms with Gasteiger partial charge < -0.3 is 14.8 Å². The molecule has 0 aliphatic carbocycles. The molecule has 1 aliphatic heterocycles. The molecular formula is C18H18N2O5S. The number of hydrogen-bond acceptors (Lipinski definition) is 6. The van der Waals surface area contributed by atoms with Crippen LogP contribution in [0.4, 0.5) is 4.79 Å². The number of ether oxygens (including phenoxy) is 2. The Hall–Kier alpha value is -2.87. The lowest BCUT2D eigenvalue weighted by molar-refractivity contribution is -0.153. The second kappa shape index (κ2) is 8.48. The van der Waals surface area contributed by atoms with E-state index in [9.17, 15) is 14.4 Å². The number of urea groups is 1. The molecule has 1 aromatic heterocycles. The fourth-order valence-electron chi connectivity index (χ4n) is 2.52. The van der Waals surface area contributed by atoms with Gasteiger partial charge in [-0.25, -0.2) is 4.79 Å². The van der Waals surface area contributed by atoms with Crippen LogP contribution in [-0.4, -0.2) is 31.1 Å². The summed E-state index contributed by atoms with van der Waals surface area (Å²) < 4.78 is 10.5. The lowest BCUT2D eigenvalue weighted by Crippen LogP contribution is -2.41. The first-order valence-corrected chi connectivity index (χ1v) is 8.97. The van der Waals surface area contributed by atoms with Crippen LogP contribution in [0.5, 0.6) is 5.75 Å². The zero-order chi connectivity index (χ0) is 18.4. The summed E-state index contributed by atoms with van der Waals surface area (Å²) in [4.78, 5) is 36.4. The maximum Gasteiger partial charge on any atom is 0.321 e. The fourth-order valence-corrected chi connectivity index (χ4v) is 3.17. The summed E-state index contributed by atoms with van der Waals surface area (Å²) >= 11 is 1.50. The van der Waals surface area contributed by atoms with Crippen molar-refractivity contribution in [2.75, 3.05) is 13.2 Å². The summed E-state index contributed by atoms with van der Waals surface area (Å²) in [6.07, 6.45) is 0.498. The quantitative estimate of drug-likeness (QED) is 0.780. The normalized spacial score (nSPS) is 15.3. The van der Waals surface area contributed by atoms with Gasteiger partial charge in [0.2, 0.25) is 0 Å². The van der Waals surface area contributed by atoms with Gasteiger partial charge in [0.1, 0.15) is 12.4 Å². The van der Waals surface area contributed by atoms with E-state index in [0.29, 0.717) is 13.0 Å². The number of fused-ring (bicyclic) bond motifs is 1. The molecule has 0 radical (unpaired) electrons. The summed E-state index contributed by atoms with van der Waals surface area (Å²) in [5, 5.41) is 6.58. The van der Waals surface area contributed by atoms with Crippen molar-refractivity contribution in [3.05, 3.63) is 52.2 Å². The van der Waals surface area contributed by atoms with Crippen molar-refractivity contribution >= 4 is 29.2 Å². The van der Waals surface area contributed by atoms with Gasteiger partial charge in [-0.05, 0) is 29.5 Å². The summed E-state index contributed by atoms with van der Waals surface area (Å²) in [7, 11) is 0. The monoisotopic (exact) mass is 374 g/mol. The number of thiophene rings is 1. The Kier molecular flexibility index (Phi) is 5.85. The highest BCUT2D eigenvalue weighted by atomic mass is 32.1. The number of carbonyl (C=O) groups excluding carboxylic acids is 3. The molecule has 1 aromatic carbocycles. The summed E-state index contributed by atoms with van der Waals surface area (Å²) in [5.74, 6) is -0.908. The van der Waals surface area contributed by atoms with Crippen molar-refractivity contribution in [1.29, 1.82) is 0 Å². The number of hydrogen-bond donors (Lipinski definition) is 2. The van der Waals surface area contributed by atoms with Gasteiger partial charge in [0.15, 0.2) is 6.61 Å². The van der Waals surface area contributed by atoms with Crippen molar-refractivity contribution in [1.82, 2.24) is 10.6 Å². The molecule has 2 heterocycles. The molecule has 0 saturated carbocycles. The largest absolute Gasteiger partial charge is 0.492 e. The van der Waals surface area contributed by atoms with E-state index < -0.39 is 30.4 Å². The number of rotatable bonds is 5. The SMILES string of the molecule is O=C(COC(=O)[C@H]1COc2ccccc2C1)NC(=O)NCc1cccs1. The molecule has 0 saturated heterocycles. The standard InChI is InChI=1S/C18H18N2O5S/c21-16(20-18(23)19-9-14-5-3-7-26-14)11-25-17(22)13-8-12-4-1-2-6-15(12)24-10-13/h1-7,13H,8-11H2,(H2,19,20,21,23)/t13-/m1/s1. The molecule has 2 aromatic rings. The predicted molar refractivity (Wildman–Crippen MR) is 94.8 cm³/mol. The van der Waals surface area contributed by atoms with E-state index >= 15 is 0 Å². The average molecular weight is 374 g/mol. The lowest BCUT2D eigenvalue weighted by atomic mass is 9.97. The first-order chi connectivity index (χ1) is 12.6. The maximum absolute atomic E-state index is 12.1. The molecular weight excluding hydrogens is 356 g/mol. The van der Waals surface area contributed by atoms with Gasteiger partial charge in [-0.15, -0.1) is 11.3 Å². The van der Waals surface area contributed by atoms with Crippen molar-refractivity contribution in [3.63, 3.8) is 0 Å². The minimum absolute atomic E-state index is 0.207. The zero-order valence-electron chi connectivity index (χ0n) is 13.9. The van der Waals surface area contributed by atoms with Crippen LogP contribution < -0.4 is 15.4 Å². The third-order valence-corrected chi connectivity index (χ3v) is 4.69. The number of amides is 3. The molecule has 3 rings (SSSR count). The van der Waals surface area contributed by atoms with Crippen LogP contribution in [0.25, 0.3) is 0 Å². The van der Waals surface area contributed by atoms with Gasteiger partial charge in [0.25, 0.3) is 5.91 Å². The molecule has 3 amide bonds. The van der Waals surface area contributed by atoms with Gasteiger partial charge in [0.05, 0.1) is 12.5 Å². The van der Waals surface area contributed by atoms with E-state index in [0.717, 1.165) is 16.2 Å². The molecule has 0 unspecified atom stereocenters. The van der Waals surface area contributed by atoms with Crippen molar-refractivity contribution in [2.45, 2.75) is 13.0 Å². The van der Waals surface area contributed by atoms with Crippen molar-refractivity contribution in [2.24, 2.45) is 5.92 Å². The summed E-state index contributed by atoms with van der Waals surface area (Å²) in [5.41, 5.74) is 0.929. The van der Waals surface area contributed by atoms with E-state index in [1.807, 2.05) is 41.8 Å². The van der Waals surface area contributed by atoms with Crippen LogP contribution in [0.1, 0.15) is 10.4 Å². The van der Waals surface area contributed by atoms with E-state index in [2.05, 4.69) is 10.6 Å². The molecule has 1 atom stereocenters. The zero-order valence-corrected chi connectivity index (χ0v) is 14.7. The number of esters is 1. The number of nitrogens with one attached hydrogen (secondary N) is 2. The molecule has 7 nitrogen and oxygen atoms in total. The summed E-state index contributed by atoms with van der Waals surface area (Å²) in [6, 6.07) is 10.6. The minimum Gasteiger partial charge on any atom is -0.492 e. The van der Waals surface area contributed by atoms with Crippen molar-refractivity contribution < 1.29 is 23.9 Å². The number of para-hydroxylation sites is 1. The van der Waals surface area contributed by atoms with Gasteiger partial charge >= 0.3 is 12.0 Å². The molecule has 8 heteroatoms. The van der Waals surface area contributed by atoms with E-state index in [-0.39, 0.29) is 6.61 Å². The predicted octanol–water partition coefficient (Wildman–Crippen LogP) is 1.87. The van der Waals surface area contributed by atoms with Gasteiger partial charge in [-0.1, -0.05) is 24.3 Å². The Morgan fingerprint density at radius 3 is 2.85 bits per heavy atom. The van der Waals surface area contributed by atoms with Gasteiger partial charge in [-0.2, -0.15) is 0 Å². The Bertz CT molecular complexity index is 791. The van der Waals surface area contributed by atoms with E-state index in [1.165, 1.54) is 11.3 Å². The fraction of sp³-hybridized carbons (Fsp3) is 0.278. The van der Waals surface area contributed by atoms with Crippen LogP contribution in [0.3, 0.4) is 0 Å². The molecule has 26 heavy (non-hydrogen) atoms. The smallest absolute Gasteiger partial charge is 0.321 e. The first kappa shape index (κ1) is 17.9. The molecule has 136 valence electrons. The molecule has 0 bridgehead atoms. The Morgan fingerprint density at radius 1 is 1.19 bits per heavy atom. The Balaban J connectivity index is 1.39. The molecule has 1 aliphatic rings. The number of imide groups is 1. The minimum atomic E-state index is -0.681. The highest BCUT2D eigenvalue weighted by Gasteiger charge is 2.27. The Morgan fingerprint density at radius 2 is 2.04 bits per heavy atom.